The van der Waals surface area contributed by atoms with E-state index in [0.29, 0.717) is 13.0 Å². The zero-order chi connectivity index (χ0) is 12.1. The zero-order valence-electron chi connectivity index (χ0n) is 9.63. The van der Waals surface area contributed by atoms with Crippen molar-refractivity contribution in [2.75, 3.05) is 0 Å². The number of hydrogen-bond acceptors (Lipinski definition) is 3. The SMILES string of the molecule is Cn1ccnc1COc1ccc(CC#N)cc1. The third-order valence-corrected chi connectivity index (χ3v) is 2.50. The van der Waals surface area contributed by atoms with Crippen LogP contribution in [0.15, 0.2) is 36.7 Å². The highest BCUT2D eigenvalue weighted by Gasteiger charge is 2.00. The molecule has 4 heteroatoms. The van der Waals surface area contributed by atoms with E-state index in [1.54, 1.807) is 6.20 Å². The largest absolute Gasteiger partial charge is 0.486 e. The Morgan fingerprint density at radius 3 is 2.71 bits per heavy atom. The van der Waals surface area contributed by atoms with Crippen molar-refractivity contribution in [2.45, 2.75) is 13.0 Å². The maximum atomic E-state index is 8.56. The predicted octanol–water partition coefficient (Wildman–Crippen LogP) is 2.07. The van der Waals surface area contributed by atoms with Gasteiger partial charge in [0.15, 0.2) is 0 Å². The highest BCUT2D eigenvalue weighted by atomic mass is 16.5. The smallest absolute Gasteiger partial charge is 0.146 e. The summed E-state index contributed by atoms with van der Waals surface area (Å²) in [5.74, 6) is 1.67. The van der Waals surface area contributed by atoms with Crippen LogP contribution in [0, 0.1) is 11.3 Å². The normalized spacial score (nSPS) is 9.88. The molecule has 86 valence electrons. The Kier molecular flexibility index (Phi) is 3.41. The Labute approximate surface area is 100 Å². The first-order valence-corrected chi connectivity index (χ1v) is 5.34. The Bertz CT molecular complexity index is 522. The molecular weight excluding hydrogens is 214 g/mol. The molecule has 0 aliphatic carbocycles. The summed E-state index contributed by atoms with van der Waals surface area (Å²) in [6.45, 7) is 0.446. The van der Waals surface area contributed by atoms with Gasteiger partial charge in [0.1, 0.15) is 18.2 Å². The molecule has 0 amide bonds. The molecule has 17 heavy (non-hydrogen) atoms. The fourth-order valence-corrected chi connectivity index (χ4v) is 1.48. The minimum Gasteiger partial charge on any atom is -0.486 e. The molecule has 0 N–H and O–H groups in total. The van der Waals surface area contributed by atoms with Crippen molar-refractivity contribution in [1.82, 2.24) is 9.55 Å². The minimum atomic E-state index is 0.430. The second-order valence-corrected chi connectivity index (χ2v) is 3.72. The van der Waals surface area contributed by atoms with E-state index in [1.165, 1.54) is 0 Å². The van der Waals surface area contributed by atoms with Crippen LogP contribution >= 0.6 is 0 Å². The van der Waals surface area contributed by atoms with Crippen LogP contribution in [0.25, 0.3) is 0 Å². The van der Waals surface area contributed by atoms with Gasteiger partial charge >= 0.3 is 0 Å². The number of benzene rings is 1. The number of nitriles is 1. The van der Waals surface area contributed by atoms with Gasteiger partial charge in [0.05, 0.1) is 12.5 Å². The van der Waals surface area contributed by atoms with Crippen LogP contribution in [0.3, 0.4) is 0 Å². The molecule has 1 aromatic heterocycles. The predicted molar refractivity (Wildman–Crippen MR) is 63.3 cm³/mol. The van der Waals surface area contributed by atoms with Gasteiger partial charge in [0, 0.05) is 19.4 Å². The van der Waals surface area contributed by atoms with E-state index in [1.807, 2.05) is 42.1 Å². The first-order valence-electron chi connectivity index (χ1n) is 5.34. The summed E-state index contributed by atoms with van der Waals surface area (Å²) >= 11 is 0. The fraction of sp³-hybridized carbons (Fsp3) is 0.231. The first-order chi connectivity index (χ1) is 8.29. The lowest BCUT2D eigenvalue weighted by Gasteiger charge is -2.06. The van der Waals surface area contributed by atoms with E-state index in [4.69, 9.17) is 10.00 Å². The van der Waals surface area contributed by atoms with Gasteiger partial charge in [0.25, 0.3) is 0 Å². The van der Waals surface area contributed by atoms with Gasteiger partial charge < -0.3 is 9.30 Å². The Balaban J connectivity index is 1.96. The van der Waals surface area contributed by atoms with Gasteiger partial charge in [-0.2, -0.15) is 5.26 Å². The van der Waals surface area contributed by atoms with Crippen LogP contribution in [0.2, 0.25) is 0 Å². The van der Waals surface area contributed by atoms with E-state index in [0.717, 1.165) is 17.1 Å². The Morgan fingerprint density at radius 1 is 1.35 bits per heavy atom. The molecule has 0 saturated carbocycles. The van der Waals surface area contributed by atoms with Crippen LogP contribution in [0.5, 0.6) is 5.75 Å². The Morgan fingerprint density at radius 2 is 2.12 bits per heavy atom. The second kappa shape index (κ2) is 5.17. The maximum Gasteiger partial charge on any atom is 0.146 e. The molecule has 0 bridgehead atoms. The van der Waals surface area contributed by atoms with Crippen molar-refractivity contribution < 1.29 is 4.74 Å². The summed E-state index contributed by atoms with van der Waals surface area (Å²) in [6, 6.07) is 9.65. The third kappa shape index (κ3) is 2.85. The molecule has 1 aromatic carbocycles. The molecule has 0 spiro atoms. The molecule has 1 heterocycles. The van der Waals surface area contributed by atoms with Gasteiger partial charge in [-0.1, -0.05) is 12.1 Å². The van der Waals surface area contributed by atoms with Crippen LogP contribution in [0.1, 0.15) is 11.4 Å². The molecule has 0 fully saturated rings. The molecule has 0 saturated heterocycles. The summed E-state index contributed by atoms with van der Waals surface area (Å²) < 4.78 is 7.52. The molecule has 0 aliphatic rings. The number of rotatable bonds is 4. The zero-order valence-corrected chi connectivity index (χ0v) is 9.63. The van der Waals surface area contributed by atoms with Gasteiger partial charge in [-0.3, -0.25) is 0 Å². The molecule has 0 radical (unpaired) electrons. The molecule has 0 atom stereocenters. The maximum absolute atomic E-state index is 8.56. The molecule has 0 aliphatic heterocycles. The standard InChI is InChI=1S/C13H13N3O/c1-16-9-8-15-13(16)10-17-12-4-2-11(3-5-12)6-7-14/h2-5,8-9H,6,10H2,1H3. The summed E-state index contributed by atoms with van der Waals surface area (Å²) in [4.78, 5) is 4.17. The molecule has 0 unspecified atom stereocenters. The molecule has 2 aromatic rings. The summed E-state index contributed by atoms with van der Waals surface area (Å²) in [5.41, 5.74) is 0.997. The van der Waals surface area contributed by atoms with Crippen molar-refractivity contribution in [1.29, 1.82) is 5.26 Å². The lowest BCUT2D eigenvalue weighted by atomic mass is 10.2. The van der Waals surface area contributed by atoms with E-state index in [-0.39, 0.29) is 0 Å². The average Bonchev–Trinajstić information content (AvgIpc) is 2.75. The van der Waals surface area contributed by atoms with E-state index < -0.39 is 0 Å². The summed E-state index contributed by atoms with van der Waals surface area (Å²) in [6.07, 6.45) is 4.06. The number of ether oxygens (including phenoxy) is 1. The molecule has 2 rings (SSSR count). The van der Waals surface area contributed by atoms with Gasteiger partial charge in [-0.25, -0.2) is 4.98 Å². The number of nitrogens with zero attached hydrogens (tertiary/aromatic N) is 3. The third-order valence-electron chi connectivity index (χ3n) is 2.50. The van der Waals surface area contributed by atoms with Crippen molar-refractivity contribution in [2.24, 2.45) is 7.05 Å². The highest BCUT2D eigenvalue weighted by Crippen LogP contribution is 2.13. The average molecular weight is 227 g/mol. The van der Waals surface area contributed by atoms with Gasteiger partial charge in [-0.15, -0.1) is 0 Å². The van der Waals surface area contributed by atoms with Crippen LogP contribution < -0.4 is 4.74 Å². The van der Waals surface area contributed by atoms with Crippen LogP contribution in [-0.4, -0.2) is 9.55 Å². The topological polar surface area (TPSA) is 50.8 Å². The van der Waals surface area contributed by atoms with Gasteiger partial charge in [0.2, 0.25) is 0 Å². The summed E-state index contributed by atoms with van der Waals surface area (Å²) in [7, 11) is 1.93. The highest BCUT2D eigenvalue weighted by molar-refractivity contribution is 5.28. The second-order valence-electron chi connectivity index (χ2n) is 3.72. The Hall–Kier alpha value is -2.28. The quantitative estimate of drug-likeness (QED) is 0.803. The van der Waals surface area contributed by atoms with Crippen molar-refractivity contribution in [3.8, 4) is 11.8 Å². The van der Waals surface area contributed by atoms with Crippen LogP contribution in [-0.2, 0) is 20.1 Å². The van der Waals surface area contributed by atoms with E-state index in [9.17, 15) is 0 Å². The number of aromatic nitrogens is 2. The minimum absolute atomic E-state index is 0.430. The van der Waals surface area contributed by atoms with Crippen LogP contribution in [0.4, 0.5) is 0 Å². The first kappa shape index (κ1) is 11.2. The van der Waals surface area contributed by atoms with E-state index in [2.05, 4.69) is 11.1 Å². The fourth-order valence-electron chi connectivity index (χ4n) is 1.48. The summed E-state index contributed by atoms with van der Waals surface area (Å²) in [5, 5.41) is 8.56. The molecule has 4 nitrogen and oxygen atoms in total. The monoisotopic (exact) mass is 227 g/mol. The number of imidazole rings is 1. The van der Waals surface area contributed by atoms with Crippen molar-refractivity contribution in [3.05, 3.63) is 48.0 Å². The molecular formula is C13H13N3O. The van der Waals surface area contributed by atoms with E-state index >= 15 is 0 Å². The van der Waals surface area contributed by atoms with Gasteiger partial charge in [-0.05, 0) is 17.7 Å². The lowest BCUT2D eigenvalue weighted by Crippen LogP contribution is -2.02. The lowest BCUT2D eigenvalue weighted by molar-refractivity contribution is 0.292. The van der Waals surface area contributed by atoms with Crippen molar-refractivity contribution in [3.63, 3.8) is 0 Å². The number of hydrogen-bond donors (Lipinski definition) is 0. The number of aryl methyl sites for hydroxylation is 1. The van der Waals surface area contributed by atoms with Crippen molar-refractivity contribution >= 4 is 0 Å².